The van der Waals surface area contributed by atoms with E-state index in [9.17, 15) is 19.2 Å². The minimum absolute atomic E-state index is 0.362. The largest absolute Gasteiger partial charge is 0.481 e. The van der Waals surface area contributed by atoms with Gasteiger partial charge >= 0.3 is 23.9 Å². The molecule has 0 amide bonds. The van der Waals surface area contributed by atoms with E-state index in [1.807, 2.05) is 0 Å². The molecule has 1 fully saturated rings. The van der Waals surface area contributed by atoms with Gasteiger partial charge in [0.25, 0.3) is 0 Å². The maximum absolute atomic E-state index is 11.0. The number of rotatable bonds is 5. The van der Waals surface area contributed by atoms with Gasteiger partial charge in [0.2, 0.25) is 0 Å². The number of aliphatic carboxylic acids is 4. The van der Waals surface area contributed by atoms with Crippen molar-refractivity contribution < 1.29 is 39.6 Å². The van der Waals surface area contributed by atoms with E-state index in [1.165, 1.54) is 0 Å². The zero-order valence-corrected chi connectivity index (χ0v) is 9.15. The highest BCUT2D eigenvalue weighted by Gasteiger charge is 2.53. The third-order valence-corrected chi connectivity index (χ3v) is 3.25. The van der Waals surface area contributed by atoms with E-state index in [-0.39, 0.29) is 6.42 Å². The summed E-state index contributed by atoms with van der Waals surface area (Å²) in [6.07, 6.45) is -1.03. The number of carbonyl (C=O) groups is 4. The number of hydrogen-bond donors (Lipinski definition) is 4. The fraction of sp³-hybridized carbons (Fsp3) is 0.600. The predicted molar refractivity (Wildman–Crippen MR) is 53.7 cm³/mol. The third-order valence-electron chi connectivity index (χ3n) is 3.25. The van der Waals surface area contributed by atoms with E-state index in [0.29, 0.717) is 0 Å². The lowest BCUT2D eigenvalue weighted by atomic mass is 9.84. The molecule has 0 spiro atoms. The van der Waals surface area contributed by atoms with Gasteiger partial charge in [0.15, 0.2) is 0 Å². The van der Waals surface area contributed by atoms with Crippen molar-refractivity contribution in [2.45, 2.75) is 12.8 Å². The molecular weight excluding hydrogens is 248 g/mol. The number of hydrogen-bond acceptors (Lipinski definition) is 4. The molecule has 18 heavy (non-hydrogen) atoms. The normalized spacial score (nSPS) is 30.9. The van der Waals surface area contributed by atoms with E-state index < -0.39 is 54.0 Å². The van der Waals surface area contributed by atoms with E-state index in [1.54, 1.807) is 0 Å². The fourth-order valence-corrected chi connectivity index (χ4v) is 2.51. The standard InChI is InChI=1S/C10H12O8/c11-6(12)2-3-4(8(13)14)1-5(9(15)16)7(3)10(17)18/h3-5,7H,1-2H2,(H,11,12)(H,13,14)(H,15,16)(H,17,18)/t3-,4-,5-,7-/m1/s1. The summed E-state index contributed by atoms with van der Waals surface area (Å²) in [6.45, 7) is 0. The van der Waals surface area contributed by atoms with Crippen LogP contribution in [-0.2, 0) is 19.2 Å². The van der Waals surface area contributed by atoms with Crippen molar-refractivity contribution in [3.63, 3.8) is 0 Å². The van der Waals surface area contributed by atoms with E-state index in [0.717, 1.165) is 0 Å². The Morgan fingerprint density at radius 1 is 0.833 bits per heavy atom. The summed E-state index contributed by atoms with van der Waals surface area (Å²) in [5.74, 6) is -10.9. The quantitative estimate of drug-likeness (QED) is 0.520. The molecule has 0 bridgehead atoms. The molecule has 1 rings (SSSR count). The Labute approximate surface area is 101 Å². The number of carboxylic acid groups (broad SMARTS) is 4. The summed E-state index contributed by atoms with van der Waals surface area (Å²) < 4.78 is 0. The first kappa shape index (κ1) is 13.9. The van der Waals surface area contributed by atoms with E-state index >= 15 is 0 Å². The van der Waals surface area contributed by atoms with Crippen LogP contribution in [0, 0.1) is 23.7 Å². The summed E-state index contributed by atoms with van der Waals surface area (Å²) in [5.41, 5.74) is 0. The van der Waals surface area contributed by atoms with Crippen LogP contribution in [0.1, 0.15) is 12.8 Å². The highest BCUT2D eigenvalue weighted by atomic mass is 16.4. The first-order valence-electron chi connectivity index (χ1n) is 5.16. The summed E-state index contributed by atoms with van der Waals surface area (Å²) in [4.78, 5) is 43.5. The van der Waals surface area contributed by atoms with Crippen LogP contribution < -0.4 is 0 Å². The van der Waals surface area contributed by atoms with Crippen LogP contribution in [0.15, 0.2) is 0 Å². The van der Waals surface area contributed by atoms with Gasteiger partial charge in [0.05, 0.1) is 17.8 Å². The molecule has 0 aliphatic heterocycles. The Kier molecular flexibility index (Phi) is 3.89. The van der Waals surface area contributed by atoms with Crippen LogP contribution in [0.4, 0.5) is 0 Å². The molecule has 0 radical (unpaired) electrons. The topological polar surface area (TPSA) is 149 Å². The molecule has 100 valence electrons. The van der Waals surface area contributed by atoms with Crippen LogP contribution in [0.25, 0.3) is 0 Å². The summed E-state index contributed by atoms with van der Waals surface area (Å²) in [5, 5.41) is 35.4. The second-order valence-corrected chi connectivity index (χ2v) is 4.25. The zero-order chi connectivity index (χ0) is 14.0. The summed E-state index contributed by atoms with van der Waals surface area (Å²) in [7, 11) is 0. The van der Waals surface area contributed by atoms with Gasteiger partial charge in [-0.3, -0.25) is 19.2 Å². The molecule has 0 aromatic heterocycles. The molecule has 0 aromatic rings. The van der Waals surface area contributed by atoms with Crippen molar-refractivity contribution in [2.75, 3.05) is 0 Å². The third kappa shape index (κ3) is 2.58. The molecule has 0 aromatic carbocycles. The van der Waals surface area contributed by atoms with Crippen molar-refractivity contribution >= 4 is 23.9 Å². The first-order valence-corrected chi connectivity index (χ1v) is 5.16. The van der Waals surface area contributed by atoms with Gasteiger partial charge in [0, 0.05) is 6.42 Å². The molecule has 8 nitrogen and oxygen atoms in total. The second-order valence-electron chi connectivity index (χ2n) is 4.25. The van der Waals surface area contributed by atoms with Crippen LogP contribution in [-0.4, -0.2) is 44.3 Å². The minimum atomic E-state index is -1.49. The van der Waals surface area contributed by atoms with Crippen LogP contribution in [0.2, 0.25) is 0 Å². The van der Waals surface area contributed by atoms with Crippen LogP contribution in [0.3, 0.4) is 0 Å². The van der Waals surface area contributed by atoms with Crippen molar-refractivity contribution in [2.24, 2.45) is 23.7 Å². The Balaban J connectivity index is 3.10. The molecule has 4 N–H and O–H groups in total. The second kappa shape index (κ2) is 5.03. The van der Waals surface area contributed by atoms with Crippen LogP contribution >= 0.6 is 0 Å². The summed E-state index contributed by atoms with van der Waals surface area (Å²) >= 11 is 0. The molecular formula is C10H12O8. The molecule has 1 saturated carbocycles. The van der Waals surface area contributed by atoms with E-state index in [2.05, 4.69) is 0 Å². The molecule has 1 aliphatic rings. The van der Waals surface area contributed by atoms with Gasteiger partial charge in [-0.1, -0.05) is 0 Å². The molecule has 0 unspecified atom stereocenters. The molecule has 0 heterocycles. The molecule has 0 saturated heterocycles. The Morgan fingerprint density at radius 2 is 1.33 bits per heavy atom. The van der Waals surface area contributed by atoms with E-state index in [4.69, 9.17) is 20.4 Å². The SMILES string of the molecule is O=C(O)C[C@H]1[C@@H](C(=O)O)[C@H](C(=O)O)C[C@H]1C(=O)O. The lowest BCUT2D eigenvalue weighted by Crippen LogP contribution is -2.32. The Bertz CT molecular complexity index is 401. The first-order chi connectivity index (χ1) is 8.25. The van der Waals surface area contributed by atoms with Crippen molar-refractivity contribution in [3.8, 4) is 0 Å². The molecule has 1 aliphatic carbocycles. The average molecular weight is 260 g/mol. The monoisotopic (exact) mass is 260 g/mol. The van der Waals surface area contributed by atoms with Gasteiger partial charge in [-0.05, 0) is 12.3 Å². The highest BCUT2D eigenvalue weighted by Crippen LogP contribution is 2.44. The van der Waals surface area contributed by atoms with Crippen molar-refractivity contribution in [1.82, 2.24) is 0 Å². The lowest BCUT2D eigenvalue weighted by molar-refractivity contribution is -0.155. The van der Waals surface area contributed by atoms with Gasteiger partial charge in [-0.25, -0.2) is 0 Å². The minimum Gasteiger partial charge on any atom is -0.481 e. The maximum atomic E-state index is 11.0. The van der Waals surface area contributed by atoms with Crippen LogP contribution in [0.5, 0.6) is 0 Å². The number of carboxylic acids is 4. The van der Waals surface area contributed by atoms with Gasteiger partial charge in [-0.2, -0.15) is 0 Å². The average Bonchev–Trinajstić information content (AvgIpc) is 2.56. The Hall–Kier alpha value is -2.12. The highest BCUT2D eigenvalue weighted by molar-refractivity contribution is 5.85. The van der Waals surface area contributed by atoms with Crippen molar-refractivity contribution in [1.29, 1.82) is 0 Å². The smallest absolute Gasteiger partial charge is 0.307 e. The fourth-order valence-electron chi connectivity index (χ4n) is 2.51. The zero-order valence-electron chi connectivity index (χ0n) is 9.15. The molecule has 8 heteroatoms. The maximum Gasteiger partial charge on any atom is 0.307 e. The van der Waals surface area contributed by atoms with Gasteiger partial charge < -0.3 is 20.4 Å². The van der Waals surface area contributed by atoms with Gasteiger partial charge in [0.1, 0.15) is 0 Å². The van der Waals surface area contributed by atoms with Gasteiger partial charge in [-0.15, -0.1) is 0 Å². The summed E-state index contributed by atoms with van der Waals surface area (Å²) in [6, 6.07) is 0. The molecule has 4 atom stereocenters. The Morgan fingerprint density at radius 3 is 1.67 bits per heavy atom. The predicted octanol–water partition coefficient (Wildman–Crippen LogP) is -0.417. The van der Waals surface area contributed by atoms with Crippen molar-refractivity contribution in [3.05, 3.63) is 0 Å². The lowest BCUT2D eigenvalue weighted by Gasteiger charge is -2.18.